The summed E-state index contributed by atoms with van der Waals surface area (Å²) >= 11 is 1.70. The van der Waals surface area contributed by atoms with Gasteiger partial charge in [0.2, 0.25) is 0 Å². The van der Waals surface area contributed by atoms with Crippen LogP contribution in [-0.2, 0) is 4.74 Å². The lowest BCUT2D eigenvalue weighted by molar-refractivity contribution is 0.0526. The van der Waals surface area contributed by atoms with E-state index in [1.807, 2.05) is 24.5 Å². The number of benzene rings is 3. The van der Waals surface area contributed by atoms with Gasteiger partial charge in [-0.05, 0) is 60.0 Å². The van der Waals surface area contributed by atoms with Crippen molar-refractivity contribution in [3.63, 3.8) is 0 Å². The van der Waals surface area contributed by atoms with Crippen molar-refractivity contribution in [3.05, 3.63) is 60.2 Å². The van der Waals surface area contributed by atoms with Crippen LogP contribution in [-0.4, -0.2) is 23.9 Å². The van der Waals surface area contributed by atoms with Gasteiger partial charge in [0, 0.05) is 10.3 Å². The average Bonchev–Trinajstić information content (AvgIpc) is 2.61. The summed E-state index contributed by atoms with van der Waals surface area (Å²) in [5, 5.41) is 11.7. The number of hydrogen-bond acceptors (Lipinski definition) is 4. The molecule has 0 aliphatic carbocycles. The van der Waals surface area contributed by atoms with Gasteiger partial charge in [0.05, 0.1) is 12.2 Å². The summed E-state index contributed by atoms with van der Waals surface area (Å²) in [4.78, 5) is 13.1. The van der Waals surface area contributed by atoms with E-state index < -0.39 is 5.97 Å². The van der Waals surface area contributed by atoms with Crippen LogP contribution >= 0.6 is 11.8 Å². The molecule has 4 heteroatoms. The SMILES string of the molecule is CCOC(=O)c1cc(O)c2ccc(-c3ccc(SC)cc3)cc2c1. The maximum absolute atomic E-state index is 11.9. The van der Waals surface area contributed by atoms with E-state index in [1.165, 1.54) is 11.0 Å². The van der Waals surface area contributed by atoms with Gasteiger partial charge in [-0.1, -0.05) is 24.3 Å². The molecule has 0 unspecified atom stereocenters. The predicted octanol–water partition coefficient (Wildman–Crippen LogP) is 5.11. The van der Waals surface area contributed by atoms with Gasteiger partial charge < -0.3 is 9.84 Å². The van der Waals surface area contributed by atoms with E-state index >= 15 is 0 Å². The predicted molar refractivity (Wildman–Crippen MR) is 98.8 cm³/mol. The molecule has 3 nitrogen and oxygen atoms in total. The molecule has 0 radical (unpaired) electrons. The van der Waals surface area contributed by atoms with Gasteiger partial charge in [0.25, 0.3) is 0 Å². The van der Waals surface area contributed by atoms with Crippen molar-refractivity contribution in [1.29, 1.82) is 0 Å². The monoisotopic (exact) mass is 338 g/mol. The molecule has 3 aromatic rings. The number of hydrogen-bond donors (Lipinski definition) is 1. The molecule has 0 saturated heterocycles. The highest BCUT2D eigenvalue weighted by Gasteiger charge is 2.11. The van der Waals surface area contributed by atoms with Crippen molar-refractivity contribution in [2.45, 2.75) is 11.8 Å². The van der Waals surface area contributed by atoms with Crippen molar-refractivity contribution in [2.24, 2.45) is 0 Å². The van der Waals surface area contributed by atoms with Gasteiger partial charge in [-0.25, -0.2) is 4.79 Å². The lowest BCUT2D eigenvalue weighted by Gasteiger charge is -2.09. The van der Waals surface area contributed by atoms with Crippen LogP contribution in [0.4, 0.5) is 0 Å². The fourth-order valence-electron chi connectivity index (χ4n) is 2.64. The first kappa shape index (κ1) is 16.4. The van der Waals surface area contributed by atoms with Crippen LogP contribution in [0, 0.1) is 0 Å². The maximum Gasteiger partial charge on any atom is 0.338 e. The van der Waals surface area contributed by atoms with Crippen LogP contribution in [0.25, 0.3) is 21.9 Å². The van der Waals surface area contributed by atoms with E-state index in [2.05, 4.69) is 24.3 Å². The summed E-state index contributed by atoms with van der Waals surface area (Å²) in [6.07, 6.45) is 2.05. The number of fused-ring (bicyclic) bond motifs is 1. The minimum absolute atomic E-state index is 0.0832. The van der Waals surface area contributed by atoms with E-state index in [0.717, 1.165) is 16.5 Å². The second kappa shape index (κ2) is 6.97. The fourth-order valence-corrected chi connectivity index (χ4v) is 3.05. The molecule has 24 heavy (non-hydrogen) atoms. The topological polar surface area (TPSA) is 46.5 Å². The number of carbonyl (C=O) groups is 1. The number of rotatable bonds is 4. The Hall–Kier alpha value is -2.46. The number of aromatic hydroxyl groups is 1. The first-order valence-electron chi connectivity index (χ1n) is 7.70. The normalized spacial score (nSPS) is 10.8. The lowest BCUT2D eigenvalue weighted by Crippen LogP contribution is -2.04. The van der Waals surface area contributed by atoms with Crippen LogP contribution in [0.2, 0.25) is 0 Å². The third kappa shape index (κ3) is 3.24. The van der Waals surface area contributed by atoms with Crippen LogP contribution in [0.1, 0.15) is 17.3 Å². The number of phenols is 1. The van der Waals surface area contributed by atoms with E-state index in [0.29, 0.717) is 17.6 Å². The molecular formula is C20H18O3S. The molecule has 0 amide bonds. The fraction of sp³-hybridized carbons (Fsp3) is 0.150. The molecule has 0 bridgehead atoms. The summed E-state index contributed by atoms with van der Waals surface area (Å²) in [6.45, 7) is 2.06. The summed E-state index contributed by atoms with van der Waals surface area (Å²) in [7, 11) is 0. The molecule has 0 spiro atoms. The summed E-state index contributed by atoms with van der Waals surface area (Å²) in [6, 6.07) is 17.3. The molecule has 3 aromatic carbocycles. The highest BCUT2D eigenvalue weighted by molar-refractivity contribution is 7.98. The van der Waals surface area contributed by atoms with E-state index in [1.54, 1.807) is 24.8 Å². The standard InChI is InChI=1S/C20H18O3S/c1-3-23-20(22)16-11-15-10-14(6-9-18(15)19(21)12-16)13-4-7-17(24-2)8-5-13/h4-12,21H,3H2,1-2H3. The number of phenolic OH excluding ortho intramolecular Hbond substituents is 1. The smallest absolute Gasteiger partial charge is 0.338 e. The quantitative estimate of drug-likeness (QED) is 0.530. The van der Waals surface area contributed by atoms with E-state index in [4.69, 9.17) is 4.74 Å². The molecule has 3 rings (SSSR count). The minimum Gasteiger partial charge on any atom is -0.507 e. The van der Waals surface area contributed by atoms with Gasteiger partial charge in [0.15, 0.2) is 0 Å². The van der Waals surface area contributed by atoms with Crippen molar-refractivity contribution < 1.29 is 14.6 Å². The summed E-state index contributed by atoms with van der Waals surface area (Å²) < 4.78 is 5.02. The van der Waals surface area contributed by atoms with Gasteiger partial charge in [-0.3, -0.25) is 0 Å². The largest absolute Gasteiger partial charge is 0.507 e. The number of esters is 1. The Bertz CT molecular complexity index is 885. The third-order valence-electron chi connectivity index (χ3n) is 3.87. The summed E-state index contributed by atoms with van der Waals surface area (Å²) in [5.74, 6) is -0.343. The van der Waals surface area contributed by atoms with Crippen molar-refractivity contribution in [1.82, 2.24) is 0 Å². The molecule has 0 aliphatic rings. The van der Waals surface area contributed by atoms with Crippen molar-refractivity contribution in [2.75, 3.05) is 12.9 Å². The summed E-state index contributed by atoms with van der Waals surface area (Å²) in [5.41, 5.74) is 2.49. The van der Waals surface area contributed by atoms with E-state index in [9.17, 15) is 9.90 Å². The Morgan fingerprint density at radius 2 is 1.75 bits per heavy atom. The Morgan fingerprint density at radius 3 is 2.42 bits per heavy atom. The molecule has 122 valence electrons. The molecule has 1 N–H and O–H groups in total. The molecule has 0 fully saturated rings. The second-order valence-corrected chi connectivity index (χ2v) is 6.26. The molecule has 0 atom stereocenters. The van der Waals surface area contributed by atoms with Crippen molar-refractivity contribution in [3.8, 4) is 16.9 Å². The van der Waals surface area contributed by atoms with Crippen LogP contribution in [0.3, 0.4) is 0 Å². The number of ether oxygens (including phenoxy) is 1. The van der Waals surface area contributed by atoms with Crippen molar-refractivity contribution >= 4 is 28.5 Å². The zero-order valence-electron chi connectivity index (χ0n) is 13.6. The van der Waals surface area contributed by atoms with Crippen LogP contribution in [0.5, 0.6) is 5.75 Å². The Morgan fingerprint density at radius 1 is 1.04 bits per heavy atom. The third-order valence-corrected chi connectivity index (χ3v) is 4.61. The van der Waals surface area contributed by atoms with Crippen LogP contribution < -0.4 is 0 Å². The minimum atomic E-state index is -0.426. The highest BCUT2D eigenvalue weighted by Crippen LogP contribution is 2.31. The lowest BCUT2D eigenvalue weighted by atomic mass is 9.99. The highest BCUT2D eigenvalue weighted by atomic mass is 32.2. The zero-order chi connectivity index (χ0) is 17.1. The first-order valence-corrected chi connectivity index (χ1v) is 8.93. The average molecular weight is 338 g/mol. The van der Waals surface area contributed by atoms with Gasteiger partial charge in [-0.15, -0.1) is 11.8 Å². The molecule has 0 saturated carbocycles. The molecule has 0 heterocycles. The van der Waals surface area contributed by atoms with E-state index in [-0.39, 0.29) is 5.75 Å². The van der Waals surface area contributed by atoms with Gasteiger partial charge in [-0.2, -0.15) is 0 Å². The zero-order valence-corrected chi connectivity index (χ0v) is 14.4. The maximum atomic E-state index is 11.9. The first-order chi connectivity index (χ1) is 11.6. The molecule has 0 aliphatic heterocycles. The number of carbonyl (C=O) groups excluding carboxylic acids is 1. The Labute approximate surface area is 145 Å². The van der Waals surface area contributed by atoms with Gasteiger partial charge in [0.1, 0.15) is 5.75 Å². The Balaban J connectivity index is 2.06. The van der Waals surface area contributed by atoms with Gasteiger partial charge >= 0.3 is 5.97 Å². The number of thioether (sulfide) groups is 1. The second-order valence-electron chi connectivity index (χ2n) is 5.38. The Kier molecular flexibility index (Phi) is 4.76. The molecular weight excluding hydrogens is 320 g/mol. The van der Waals surface area contributed by atoms with Crippen LogP contribution in [0.15, 0.2) is 59.5 Å². The molecule has 0 aromatic heterocycles.